The van der Waals surface area contributed by atoms with Gasteiger partial charge in [-0.3, -0.25) is 4.79 Å². The summed E-state index contributed by atoms with van der Waals surface area (Å²) < 4.78 is 6.03. The lowest BCUT2D eigenvalue weighted by atomic mass is 10.2. The smallest absolute Gasteiger partial charge is 0.220 e. The summed E-state index contributed by atoms with van der Waals surface area (Å²) in [6.45, 7) is 2.66. The average molecular weight is 566 g/mol. The quantitative estimate of drug-likeness (QED) is 0.115. The number of phenols is 1. The van der Waals surface area contributed by atoms with Crippen molar-refractivity contribution in [3.63, 3.8) is 0 Å². The van der Waals surface area contributed by atoms with Gasteiger partial charge in [-0.05, 0) is 85.2 Å². The van der Waals surface area contributed by atoms with Crippen LogP contribution in [0.2, 0.25) is 0 Å². The minimum atomic E-state index is 0.0359. The summed E-state index contributed by atoms with van der Waals surface area (Å²) in [5.41, 5.74) is 0.930. The average Bonchev–Trinajstić information content (AvgIpc) is 2.80. The molecule has 0 atom stereocenters. The topological polar surface area (TPSA) is 58.6 Å². The van der Waals surface area contributed by atoms with E-state index in [1.165, 1.54) is 32.8 Å². The van der Waals surface area contributed by atoms with Crippen molar-refractivity contribution in [2.75, 3.05) is 7.11 Å². The summed E-state index contributed by atoms with van der Waals surface area (Å²) >= 11 is 2.15. The summed E-state index contributed by atoms with van der Waals surface area (Å²) in [4.78, 5) is 12.1. The second-order valence-electron chi connectivity index (χ2n) is 7.87. The maximum absolute atomic E-state index is 12.1. The molecule has 0 aliphatic rings. The molecule has 1 amide bonds. The van der Waals surface area contributed by atoms with E-state index in [1.807, 2.05) is 0 Å². The first-order chi connectivity index (χ1) is 16.1. The van der Waals surface area contributed by atoms with Gasteiger partial charge >= 0.3 is 0 Å². The molecule has 0 bridgehead atoms. The van der Waals surface area contributed by atoms with Crippen LogP contribution in [0, 0.1) is 3.57 Å². The minimum Gasteiger partial charge on any atom is -0.504 e. The van der Waals surface area contributed by atoms with Crippen molar-refractivity contribution in [2.45, 2.75) is 77.7 Å². The third-order valence-electron chi connectivity index (χ3n) is 5.06. The molecule has 182 valence electrons. The molecule has 1 aromatic carbocycles. The van der Waals surface area contributed by atoms with Crippen molar-refractivity contribution < 1.29 is 14.6 Å². The molecule has 2 N–H and O–H groups in total. The van der Waals surface area contributed by atoms with Gasteiger partial charge in [-0.2, -0.15) is 0 Å². The highest BCUT2D eigenvalue weighted by atomic mass is 127. The fourth-order valence-corrected chi connectivity index (χ4v) is 3.75. The number of aromatic hydroxyl groups is 1. The van der Waals surface area contributed by atoms with Gasteiger partial charge in [-0.25, -0.2) is 0 Å². The Morgan fingerprint density at radius 3 is 2.09 bits per heavy atom. The molecule has 0 radical (unpaired) electrons. The van der Waals surface area contributed by atoms with Gasteiger partial charge in [0.1, 0.15) is 0 Å². The molecule has 5 heteroatoms. The highest BCUT2D eigenvalue weighted by Gasteiger charge is 2.09. The molecule has 1 rings (SSSR count). The van der Waals surface area contributed by atoms with Crippen LogP contribution in [0.15, 0.2) is 60.7 Å². The number of rotatable bonds is 17. The Bertz CT molecular complexity index is 797. The Morgan fingerprint density at radius 2 is 1.52 bits per heavy atom. The van der Waals surface area contributed by atoms with Crippen LogP contribution in [0.25, 0.3) is 0 Å². The van der Waals surface area contributed by atoms with E-state index >= 15 is 0 Å². The first-order valence-corrected chi connectivity index (χ1v) is 13.1. The number of amides is 1. The molecule has 0 unspecified atom stereocenters. The number of unbranched alkanes of at least 4 members (excludes halogenated alkanes) is 4. The van der Waals surface area contributed by atoms with E-state index in [0.717, 1.165) is 41.2 Å². The van der Waals surface area contributed by atoms with Crippen LogP contribution in [0.4, 0.5) is 0 Å². The maximum atomic E-state index is 12.1. The molecule has 0 saturated carbocycles. The molecule has 0 aliphatic heterocycles. The van der Waals surface area contributed by atoms with Crippen LogP contribution >= 0.6 is 22.6 Å². The number of halogens is 1. The fraction of sp³-hybridized carbons (Fsp3) is 0.464. The molecule has 0 aliphatic carbocycles. The number of ether oxygens (including phenoxy) is 1. The van der Waals surface area contributed by atoms with Gasteiger partial charge in [-0.15, -0.1) is 0 Å². The second-order valence-corrected chi connectivity index (χ2v) is 9.04. The summed E-state index contributed by atoms with van der Waals surface area (Å²) in [6, 6.07) is 3.40. The van der Waals surface area contributed by atoms with Gasteiger partial charge in [0.25, 0.3) is 0 Å². The summed E-state index contributed by atoms with van der Waals surface area (Å²) in [6.07, 6.45) is 27.9. The molecule has 4 nitrogen and oxygen atoms in total. The van der Waals surface area contributed by atoms with Crippen molar-refractivity contribution in [1.82, 2.24) is 5.32 Å². The third-order valence-corrected chi connectivity index (χ3v) is 6.06. The van der Waals surface area contributed by atoms with E-state index in [1.54, 1.807) is 12.1 Å². The summed E-state index contributed by atoms with van der Waals surface area (Å²) in [5.74, 6) is 0.560. The Labute approximate surface area is 214 Å². The van der Waals surface area contributed by atoms with Gasteiger partial charge in [0.05, 0.1) is 7.11 Å². The summed E-state index contributed by atoms with van der Waals surface area (Å²) in [5, 5.41) is 12.7. The number of phenolic OH excluding ortho intramolecular Hbond substituents is 1. The molecule has 0 heterocycles. The van der Waals surface area contributed by atoms with Crippen LogP contribution < -0.4 is 10.1 Å². The zero-order chi connectivity index (χ0) is 24.2. The molecular formula is C28H40INO3. The van der Waals surface area contributed by atoms with E-state index < -0.39 is 0 Å². The predicted molar refractivity (Wildman–Crippen MR) is 148 cm³/mol. The lowest BCUT2D eigenvalue weighted by Gasteiger charge is -2.10. The highest BCUT2D eigenvalue weighted by Crippen LogP contribution is 2.30. The molecular weight excluding hydrogens is 525 g/mol. The Hall–Kier alpha value is -2.02. The van der Waals surface area contributed by atoms with Gasteiger partial charge in [0.2, 0.25) is 5.91 Å². The number of methoxy groups -OCH3 is 1. The van der Waals surface area contributed by atoms with Crippen molar-refractivity contribution in [1.29, 1.82) is 0 Å². The maximum Gasteiger partial charge on any atom is 0.220 e. The van der Waals surface area contributed by atoms with Crippen LogP contribution in [-0.4, -0.2) is 18.1 Å². The lowest BCUT2D eigenvalue weighted by molar-refractivity contribution is -0.121. The highest BCUT2D eigenvalue weighted by molar-refractivity contribution is 14.1. The van der Waals surface area contributed by atoms with E-state index in [-0.39, 0.29) is 11.7 Å². The van der Waals surface area contributed by atoms with Crippen LogP contribution in [0.1, 0.15) is 76.7 Å². The lowest BCUT2D eigenvalue weighted by Crippen LogP contribution is -2.22. The van der Waals surface area contributed by atoms with Crippen LogP contribution in [-0.2, 0) is 11.3 Å². The normalized spacial score (nSPS) is 12.0. The number of carbonyl (C=O) groups excluding carboxylic acids is 1. The first-order valence-electron chi connectivity index (χ1n) is 12.0. The Morgan fingerprint density at radius 1 is 0.939 bits per heavy atom. The van der Waals surface area contributed by atoms with Crippen molar-refractivity contribution in [3.05, 3.63) is 69.9 Å². The largest absolute Gasteiger partial charge is 0.504 e. The second kappa shape index (κ2) is 19.4. The van der Waals surface area contributed by atoms with E-state index in [0.29, 0.717) is 18.7 Å². The molecule has 0 aromatic heterocycles. The number of benzene rings is 1. The predicted octanol–water partition coefficient (Wildman–Crippen LogP) is 7.77. The number of hydrogen-bond donors (Lipinski definition) is 2. The van der Waals surface area contributed by atoms with Crippen molar-refractivity contribution in [2.24, 2.45) is 0 Å². The van der Waals surface area contributed by atoms with E-state index in [9.17, 15) is 9.90 Å². The van der Waals surface area contributed by atoms with E-state index in [4.69, 9.17) is 4.74 Å². The number of allylic oxidation sites excluding steroid dienone is 8. The molecule has 0 spiro atoms. The van der Waals surface area contributed by atoms with Crippen LogP contribution in [0.3, 0.4) is 0 Å². The standard InChI is InChI=1S/C28H40INO3/c1-3-4-5-6-7-8-9-10-11-12-13-14-15-16-17-18-19-20-28(32)30-23-24-21-27(33-2)26(31)22-25(24)29/h7-8,10-11,13-14,16-17,21-22,31H,3-6,9,12,15,18-20,23H2,1-2H3,(H,30,32)/b8-7-,11-10-,14-13-,17-16-. The number of carbonyl (C=O) groups is 1. The Balaban J connectivity index is 2.08. The monoisotopic (exact) mass is 565 g/mol. The molecule has 1 aromatic rings. The van der Waals surface area contributed by atoms with Gasteiger partial charge in [0.15, 0.2) is 11.5 Å². The molecule has 0 fully saturated rings. The van der Waals surface area contributed by atoms with Crippen LogP contribution in [0.5, 0.6) is 11.5 Å². The summed E-state index contributed by atoms with van der Waals surface area (Å²) in [7, 11) is 1.51. The van der Waals surface area contributed by atoms with Gasteiger partial charge < -0.3 is 15.2 Å². The number of hydrogen-bond acceptors (Lipinski definition) is 3. The molecule has 0 saturated heterocycles. The Kier molecular flexibility index (Phi) is 17.1. The zero-order valence-electron chi connectivity index (χ0n) is 20.2. The van der Waals surface area contributed by atoms with E-state index in [2.05, 4.69) is 83.4 Å². The minimum absolute atomic E-state index is 0.0359. The fourth-order valence-electron chi connectivity index (χ4n) is 3.11. The number of nitrogens with one attached hydrogen (secondary N) is 1. The third kappa shape index (κ3) is 14.7. The molecule has 33 heavy (non-hydrogen) atoms. The first kappa shape index (κ1) is 29.0. The van der Waals surface area contributed by atoms with Gasteiger partial charge in [0, 0.05) is 16.5 Å². The SMILES string of the molecule is CCCCC/C=C\C/C=C\C/C=C\C/C=C\CCCC(=O)NCc1cc(OC)c(O)cc1I. The van der Waals surface area contributed by atoms with Crippen molar-refractivity contribution >= 4 is 28.5 Å². The van der Waals surface area contributed by atoms with Gasteiger partial charge in [-0.1, -0.05) is 68.4 Å². The zero-order valence-corrected chi connectivity index (χ0v) is 22.4. The van der Waals surface area contributed by atoms with Crippen molar-refractivity contribution in [3.8, 4) is 11.5 Å².